The van der Waals surface area contributed by atoms with Crippen molar-refractivity contribution in [3.05, 3.63) is 17.0 Å². The standard InChI is InChI=1S/C14H19N3O3/c18-5-11(7-1-2-20-6-7)15-14(19)13-10-4-8-3-9(8)12(10)16-17-13/h7-9,11,18H,1-6H2,(H,15,19)(H,16,17). The molecular weight excluding hydrogens is 258 g/mol. The Morgan fingerprint density at radius 1 is 1.60 bits per heavy atom. The third-order valence-corrected chi connectivity index (χ3v) is 4.92. The number of amides is 1. The molecule has 1 aliphatic heterocycles. The molecule has 3 N–H and O–H groups in total. The Kier molecular flexibility index (Phi) is 2.82. The predicted molar refractivity (Wildman–Crippen MR) is 70.4 cm³/mol. The van der Waals surface area contributed by atoms with E-state index >= 15 is 0 Å². The van der Waals surface area contributed by atoms with Crippen LogP contribution in [0.5, 0.6) is 0 Å². The lowest BCUT2D eigenvalue weighted by atomic mass is 9.99. The molecule has 4 unspecified atom stereocenters. The van der Waals surface area contributed by atoms with E-state index in [9.17, 15) is 9.90 Å². The highest BCUT2D eigenvalue weighted by Gasteiger charge is 2.48. The first-order chi connectivity index (χ1) is 9.78. The molecule has 4 rings (SSSR count). The third kappa shape index (κ3) is 1.86. The van der Waals surface area contributed by atoms with Crippen LogP contribution in [0, 0.1) is 11.8 Å². The van der Waals surface area contributed by atoms with Crippen LogP contribution in [0.15, 0.2) is 0 Å². The van der Waals surface area contributed by atoms with Gasteiger partial charge in [0.2, 0.25) is 0 Å². The van der Waals surface area contributed by atoms with Gasteiger partial charge in [0.15, 0.2) is 5.69 Å². The Bertz CT molecular complexity index is 536. The van der Waals surface area contributed by atoms with Crippen LogP contribution in [0.1, 0.15) is 40.5 Å². The van der Waals surface area contributed by atoms with E-state index in [-0.39, 0.29) is 24.5 Å². The van der Waals surface area contributed by atoms with Crippen molar-refractivity contribution in [3.63, 3.8) is 0 Å². The largest absolute Gasteiger partial charge is 0.394 e. The van der Waals surface area contributed by atoms with E-state index in [0.29, 0.717) is 24.8 Å². The Morgan fingerprint density at radius 3 is 3.25 bits per heavy atom. The van der Waals surface area contributed by atoms with Crippen LogP contribution in [0.2, 0.25) is 0 Å². The van der Waals surface area contributed by atoms with E-state index in [1.807, 2.05) is 0 Å². The molecule has 0 aromatic carbocycles. The molecule has 2 heterocycles. The van der Waals surface area contributed by atoms with Gasteiger partial charge in [0.05, 0.1) is 19.3 Å². The van der Waals surface area contributed by atoms with Crippen LogP contribution in [0.25, 0.3) is 0 Å². The molecule has 1 amide bonds. The molecule has 6 nitrogen and oxygen atoms in total. The quantitative estimate of drug-likeness (QED) is 0.733. The Morgan fingerprint density at radius 2 is 2.50 bits per heavy atom. The molecule has 1 aromatic heterocycles. The zero-order chi connectivity index (χ0) is 13.7. The number of carbonyl (C=O) groups excluding carboxylic acids is 1. The maximum Gasteiger partial charge on any atom is 0.272 e. The number of rotatable bonds is 4. The number of aliphatic hydroxyl groups is 1. The van der Waals surface area contributed by atoms with E-state index < -0.39 is 0 Å². The SMILES string of the molecule is O=C(NC(CO)C1CCOC1)c1n[nH]c2c1CC1CC21. The van der Waals surface area contributed by atoms with Crippen molar-refractivity contribution in [1.29, 1.82) is 0 Å². The van der Waals surface area contributed by atoms with E-state index in [0.717, 1.165) is 30.0 Å². The van der Waals surface area contributed by atoms with Crippen LogP contribution in [0.3, 0.4) is 0 Å². The minimum atomic E-state index is -0.242. The van der Waals surface area contributed by atoms with E-state index in [1.165, 1.54) is 6.42 Å². The fourth-order valence-electron chi connectivity index (χ4n) is 3.59. The van der Waals surface area contributed by atoms with Gasteiger partial charge in [0.1, 0.15) is 0 Å². The number of ether oxygens (including phenoxy) is 1. The van der Waals surface area contributed by atoms with Crippen molar-refractivity contribution in [3.8, 4) is 0 Å². The number of carbonyl (C=O) groups is 1. The summed E-state index contributed by atoms with van der Waals surface area (Å²) in [4.78, 5) is 12.4. The van der Waals surface area contributed by atoms with Gasteiger partial charge in [-0.2, -0.15) is 5.10 Å². The van der Waals surface area contributed by atoms with E-state index in [1.54, 1.807) is 0 Å². The molecule has 0 spiro atoms. The smallest absolute Gasteiger partial charge is 0.272 e. The van der Waals surface area contributed by atoms with Crippen molar-refractivity contribution < 1.29 is 14.6 Å². The highest BCUT2D eigenvalue weighted by atomic mass is 16.5. The number of aromatic amines is 1. The summed E-state index contributed by atoms with van der Waals surface area (Å²) >= 11 is 0. The van der Waals surface area contributed by atoms with Gasteiger partial charge >= 0.3 is 0 Å². The first kappa shape index (κ1) is 12.3. The highest BCUT2D eigenvalue weighted by Crippen LogP contribution is 2.55. The monoisotopic (exact) mass is 277 g/mol. The first-order valence-electron chi connectivity index (χ1n) is 7.34. The first-order valence-corrected chi connectivity index (χ1v) is 7.34. The lowest BCUT2D eigenvalue weighted by molar-refractivity contribution is 0.0872. The minimum absolute atomic E-state index is 0.0579. The van der Waals surface area contributed by atoms with Crippen molar-refractivity contribution in [2.75, 3.05) is 19.8 Å². The molecule has 3 aliphatic rings. The number of aromatic nitrogens is 2. The number of nitrogens with zero attached hydrogens (tertiary/aromatic N) is 1. The summed E-state index contributed by atoms with van der Waals surface area (Å²) in [5.41, 5.74) is 2.76. The lowest BCUT2D eigenvalue weighted by Crippen LogP contribution is -2.43. The second-order valence-electron chi connectivity index (χ2n) is 6.16. The lowest BCUT2D eigenvalue weighted by Gasteiger charge is -2.21. The van der Waals surface area contributed by atoms with Crippen LogP contribution >= 0.6 is 0 Å². The molecule has 4 atom stereocenters. The van der Waals surface area contributed by atoms with Crippen molar-refractivity contribution >= 4 is 5.91 Å². The van der Waals surface area contributed by atoms with Gasteiger partial charge < -0.3 is 15.2 Å². The molecule has 2 aliphatic carbocycles. The fourth-order valence-corrected chi connectivity index (χ4v) is 3.59. The average molecular weight is 277 g/mol. The number of hydrogen-bond donors (Lipinski definition) is 3. The van der Waals surface area contributed by atoms with Gasteiger partial charge in [-0.25, -0.2) is 0 Å². The molecule has 1 saturated heterocycles. The van der Waals surface area contributed by atoms with Gasteiger partial charge in [0.25, 0.3) is 5.91 Å². The second-order valence-corrected chi connectivity index (χ2v) is 6.16. The molecule has 6 heteroatoms. The molecule has 108 valence electrons. The van der Waals surface area contributed by atoms with Crippen molar-refractivity contribution in [2.45, 2.75) is 31.2 Å². The van der Waals surface area contributed by atoms with Crippen LogP contribution in [-0.2, 0) is 11.2 Å². The summed E-state index contributed by atoms with van der Waals surface area (Å²) in [7, 11) is 0. The summed E-state index contributed by atoms with van der Waals surface area (Å²) in [6, 6.07) is -0.242. The zero-order valence-corrected chi connectivity index (χ0v) is 11.3. The topological polar surface area (TPSA) is 87.2 Å². The number of hydrogen-bond acceptors (Lipinski definition) is 4. The molecule has 20 heavy (non-hydrogen) atoms. The summed E-state index contributed by atoms with van der Waals surface area (Å²) in [5, 5.41) is 19.6. The molecular formula is C14H19N3O3. The maximum atomic E-state index is 12.4. The van der Waals surface area contributed by atoms with Gasteiger partial charge in [-0.05, 0) is 25.2 Å². The maximum absolute atomic E-state index is 12.4. The number of aliphatic hydroxyl groups excluding tert-OH is 1. The molecule has 2 fully saturated rings. The Balaban J connectivity index is 1.48. The predicted octanol–water partition coefficient (Wildman–Crippen LogP) is 0.196. The highest BCUT2D eigenvalue weighted by molar-refractivity contribution is 5.94. The molecule has 1 aromatic rings. The normalized spacial score (nSPS) is 31.8. The summed E-state index contributed by atoms with van der Waals surface area (Å²) < 4.78 is 5.32. The second kappa shape index (κ2) is 4.56. The molecule has 0 radical (unpaired) electrons. The number of nitrogens with one attached hydrogen (secondary N) is 2. The van der Waals surface area contributed by atoms with Crippen molar-refractivity contribution in [2.24, 2.45) is 11.8 Å². The number of fused-ring (bicyclic) bond motifs is 3. The molecule has 0 bridgehead atoms. The Labute approximate surface area is 116 Å². The van der Waals surface area contributed by atoms with E-state index in [4.69, 9.17) is 4.74 Å². The van der Waals surface area contributed by atoms with Crippen molar-refractivity contribution in [1.82, 2.24) is 15.5 Å². The zero-order valence-electron chi connectivity index (χ0n) is 11.3. The van der Waals surface area contributed by atoms with Gasteiger partial charge in [-0.3, -0.25) is 9.89 Å². The third-order valence-electron chi connectivity index (χ3n) is 4.92. The van der Waals surface area contributed by atoms with E-state index in [2.05, 4.69) is 15.5 Å². The van der Waals surface area contributed by atoms with Crippen LogP contribution < -0.4 is 5.32 Å². The van der Waals surface area contributed by atoms with Gasteiger partial charge in [-0.1, -0.05) is 0 Å². The van der Waals surface area contributed by atoms with Gasteiger partial charge in [0, 0.05) is 29.7 Å². The average Bonchev–Trinajstić information content (AvgIpc) is 2.91. The summed E-state index contributed by atoms with van der Waals surface area (Å²) in [5.74, 6) is 1.36. The van der Waals surface area contributed by atoms with Gasteiger partial charge in [-0.15, -0.1) is 0 Å². The fraction of sp³-hybridized carbons (Fsp3) is 0.714. The minimum Gasteiger partial charge on any atom is -0.394 e. The Hall–Kier alpha value is -1.40. The van der Waals surface area contributed by atoms with Crippen LogP contribution in [0.4, 0.5) is 0 Å². The van der Waals surface area contributed by atoms with Crippen LogP contribution in [-0.4, -0.2) is 47.1 Å². The molecule has 1 saturated carbocycles. The number of H-pyrrole nitrogens is 1. The summed E-state index contributed by atoms with van der Waals surface area (Å²) in [6.45, 7) is 1.25. The summed E-state index contributed by atoms with van der Waals surface area (Å²) in [6.07, 6.45) is 3.08.